The van der Waals surface area contributed by atoms with E-state index in [-0.39, 0.29) is 12.1 Å². The minimum atomic E-state index is -0.368. The average molecular weight is 250 g/mol. The summed E-state index contributed by atoms with van der Waals surface area (Å²) >= 11 is 0. The topological polar surface area (TPSA) is 97.5 Å². The number of aliphatic hydroxyl groups excluding tert-OH is 1. The summed E-state index contributed by atoms with van der Waals surface area (Å²) in [7, 11) is 0. The van der Waals surface area contributed by atoms with E-state index in [2.05, 4.69) is 25.9 Å². The molecule has 96 valence electrons. The van der Waals surface area contributed by atoms with Gasteiger partial charge in [-0.25, -0.2) is 0 Å². The Hall–Kier alpha value is -1.80. The fourth-order valence-corrected chi connectivity index (χ4v) is 2.07. The maximum Gasteiger partial charge on any atom is 0.200 e. The van der Waals surface area contributed by atoms with Gasteiger partial charge in [0.2, 0.25) is 0 Å². The Morgan fingerprint density at radius 3 is 3.00 bits per heavy atom. The minimum absolute atomic E-state index is 0.0473. The van der Waals surface area contributed by atoms with Gasteiger partial charge in [-0.05, 0) is 35.4 Å². The number of fused-ring (bicyclic) bond motifs is 1. The number of aromatic nitrogens is 5. The van der Waals surface area contributed by atoms with Crippen molar-refractivity contribution < 1.29 is 9.84 Å². The molecule has 2 N–H and O–H groups in total. The maximum absolute atomic E-state index is 9.58. The van der Waals surface area contributed by atoms with Crippen molar-refractivity contribution in [1.29, 1.82) is 0 Å². The molecule has 1 aliphatic heterocycles. The summed E-state index contributed by atoms with van der Waals surface area (Å²) in [4.78, 5) is 0. The van der Waals surface area contributed by atoms with Gasteiger partial charge in [0.1, 0.15) is 5.82 Å². The highest BCUT2D eigenvalue weighted by molar-refractivity contribution is 5.44. The van der Waals surface area contributed by atoms with Gasteiger partial charge in [-0.2, -0.15) is 0 Å². The lowest BCUT2D eigenvalue weighted by atomic mass is 9.91. The van der Waals surface area contributed by atoms with E-state index in [1.165, 1.54) is 4.63 Å². The first-order valence-electron chi connectivity index (χ1n) is 5.84. The summed E-state index contributed by atoms with van der Waals surface area (Å²) in [5.41, 5.74) is 0.220. The number of tetrazole rings is 1. The lowest BCUT2D eigenvalue weighted by Crippen LogP contribution is -2.47. The van der Waals surface area contributed by atoms with E-state index in [0.717, 1.165) is 12.8 Å². The van der Waals surface area contributed by atoms with E-state index in [1.54, 1.807) is 12.1 Å². The van der Waals surface area contributed by atoms with Gasteiger partial charge < -0.3 is 15.2 Å². The Bertz CT molecular complexity index is 536. The van der Waals surface area contributed by atoms with Gasteiger partial charge in [-0.1, -0.05) is 0 Å². The summed E-state index contributed by atoms with van der Waals surface area (Å²) in [5, 5.41) is 28.1. The first kappa shape index (κ1) is 11.3. The summed E-state index contributed by atoms with van der Waals surface area (Å²) in [6, 6.07) is 3.58. The van der Waals surface area contributed by atoms with Crippen LogP contribution in [0.4, 0.5) is 5.82 Å². The zero-order chi connectivity index (χ0) is 12.4. The van der Waals surface area contributed by atoms with Crippen LogP contribution in [0.2, 0.25) is 0 Å². The van der Waals surface area contributed by atoms with E-state index in [4.69, 9.17) is 4.74 Å². The van der Waals surface area contributed by atoms with Crippen LogP contribution in [-0.2, 0) is 4.74 Å². The quantitative estimate of drug-likeness (QED) is 0.755. The van der Waals surface area contributed by atoms with Gasteiger partial charge in [0.05, 0.1) is 12.1 Å². The van der Waals surface area contributed by atoms with Crippen LogP contribution in [-0.4, -0.2) is 55.7 Å². The molecular weight excluding hydrogens is 236 g/mol. The van der Waals surface area contributed by atoms with Gasteiger partial charge in [-0.3, -0.25) is 0 Å². The largest absolute Gasteiger partial charge is 0.394 e. The first-order chi connectivity index (χ1) is 8.81. The Labute approximate surface area is 103 Å². The monoisotopic (exact) mass is 250 g/mol. The predicted molar refractivity (Wildman–Crippen MR) is 62.1 cm³/mol. The van der Waals surface area contributed by atoms with Crippen LogP contribution < -0.4 is 5.32 Å². The van der Waals surface area contributed by atoms with Gasteiger partial charge in [0.25, 0.3) is 0 Å². The second kappa shape index (κ2) is 4.46. The number of hydrogen-bond donors (Lipinski definition) is 2. The molecule has 1 saturated heterocycles. The van der Waals surface area contributed by atoms with Crippen LogP contribution in [0.5, 0.6) is 0 Å². The third kappa shape index (κ3) is 2.00. The predicted octanol–water partition coefficient (Wildman–Crippen LogP) is -0.527. The highest BCUT2D eigenvalue weighted by Crippen LogP contribution is 2.24. The van der Waals surface area contributed by atoms with Gasteiger partial charge >= 0.3 is 0 Å². The van der Waals surface area contributed by atoms with Crippen LogP contribution >= 0.6 is 0 Å². The maximum atomic E-state index is 9.58. The lowest BCUT2D eigenvalue weighted by Gasteiger charge is -2.36. The van der Waals surface area contributed by atoms with Crippen LogP contribution in [0, 0.1) is 0 Å². The molecule has 2 aromatic heterocycles. The fraction of sp³-hybridized carbons (Fsp3) is 0.600. The van der Waals surface area contributed by atoms with Crippen LogP contribution in [0.25, 0.3) is 5.65 Å². The summed E-state index contributed by atoms with van der Waals surface area (Å²) in [6.45, 7) is 1.33. The highest BCUT2D eigenvalue weighted by atomic mass is 16.5. The lowest BCUT2D eigenvalue weighted by molar-refractivity contribution is 0.0378. The number of aliphatic hydroxyl groups is 1. The van der Waals surface area contributed by atoms with Crippen molar-refractivity contribution in [2.24, 2.45) is 0 Å². The number of anilines is 1. The van der Waals surface area contributed by atoms with Crippen molar-refractivity contribution in [3.63, 3.8) is 0 Å². The molecule has 1 fully saturated rings. The SMILES string of the molecule is OCC1(Nc2ccc3nnnn3n2)CCOCC1. The number of nitrogens with zero attached hydrogens (tertiary/aromatic N) is 5. The molecule has 8 nitrogen and oxygen atoms in total. The van der Waals surface area contributed by atoms with Crippen LogP contribution in [0.15, 0.2) is 12.1 Å². The molecule has 18 heavy (non-hydrogen) atoms. The molecule has 3 heterocycles. The van der Waals surface area contributed by atoms with E-state index in [0.29, 0.717) is 24.7 Å². The molecule has 3 rings (SSSR count). The standard InChI is InChI=1S/C10H14N6O2/c17-7-10(3-5-18-6-4-10)11-8-1-2-9-12-14-15-16(9)13-8/h1-2,17H,3-7H2,(H,11,13). The van der Waals surface area contributed by atoms with E-state index < -0.39 is 0 Å². The van der Waals surface area contributed by atoms with Crippen molar-refractivity contribution in [1.82, 2.24) is 25.3 Å². The van der Waals surface area contributed by atoms with Crippen molar-refractivity contribution in [2.75, 3.05) is 25.1 Å². The first-order valence-corrected chi connectivity index (χ1v) is 5.84. The van der Waals surface area contributed by atoms with E-state index >= 15 is 0 Å². The number of rotatable bonds is 3. The third-order valence-corrected chi connectivity index (χ3v) is 3.22. The van der Waals surface area contributed by atoms with Gasteiger partial charge in [-0.15, -0.1) is 14.8 Å². The molecule has 0 aliphatic carbocycles. The van der Waals surface area contributed by atoms with Gasteiger partial charge in [0, 0.05) is 13.2 Å². The molecule has 0 aromatic carbocycles. The Morgan fingerprint density at radius 1 is 1.39 bits per heavy atom. The molecule has 0 spiro atoms. The van der Waals surface area contributed by atoms with Crippen molar-refractivity contribution >= 4 is 11.5 Å². The minimum Gasteiger partial charge on any atom is -0.394 e. The summed E-state index contributed by atoms with van der Waals surface area (Å²) < 4.78 is 6.67. The summed E-state index contributed by atoms with van der Waals surface area (Å²) in [5.74, 6) is 0.644. The zero-order valence-electron chi connectivity index (χ0n) is 9.78. The molecular formula is C10H14N6O2. The Kier molecular flexibility index (Phi) is 2.80. The fourth-order valence-electron chi connectivity index (χ4n) is 2.07. The number of hydrogen-bond acceptors (Lipinski definition) is 7. The molecule has 1 aliphatic rings. The van der Waals surface area contributed by atoms with Crippen molar-refractivity contribution in [3.8, 4) is 0 Å². The number of nitrogens with one attached hydrogen (secondary N) is 1. The van der Waals surface area contributed by atoms with Gasteiger partial charge in [0.15, 0.2) is 5.65 Å². The molecule has 0 radical (unpaired) electrons. The second-order valence-corrected chi connectivity index (χ2v) is 4.42. The molecule has 0 atom stereocenters. The summed E-state index contributed by atoms with van der Waals surface area (Å²) in [6.07, 6.45) is 1.50. The Morgan fingerprint density at radius 2 is 2.22 bits per heavy atom. The average Bonchev–Trinajstić information content (AvgIpc) is 2.87. The second-order valence-electron chi connectivity index (χ2n) is 4.42. The molecule has 0 saturated carbocycles. The molecule has 0 amide bonds. The Balaban J connectivity index is 1.85. The smallest absolute Gasteiger partial charge is 0.200 e. The van der Waals surface area contributed by atoms with Crippen molar-refractivity contribution in [3.05, 3.63) is 12.1 Å². The van der Waals surface area contributed by atoms with Crippen LogP contribution in [0.3, 0.4) is 0 Å². The molecule has 8 heteroatoms. The van der Waals surface area contributed by atoms with E-state index in [1.807, 2.05) is 0 Å². The normalized spacial score (nSPS) is 18.9. The van der Waals surface area contributed by atoms with E-state index in [9.17, 15) is 5.11 Å². The molecule has 2 aromatic rings. The highest BCUT2D eigenvalue weighted by Gasteiger charge is 2.32. The van der Waals surface area contributed by atoms with Crippen LogP contribution in [0.1, 0.15) is 12.8 Å². The molecule has 0 bridgehead atoms. The third-order valence-electron chi connectivity index (χ3n) is 3.22. The molecule has 0 unspecified atom stereocenters. The van der Waals surface area contributed by atoms with Crippen molar-refractivity contribution in [2.45, 2.75) is 18.4 Å². The zero-order valence-corrected chi connectivity index (χ0v) is 9.78. The number of ether oxygens (including phenoxy) is 1.